The summed E-state index contributed by atoms with van der Waals surface area (Å²) >= 11 is 0. The van der Waals surface area contributed by atoms with Gasteiger partial charge in [-0.15, -0.1) is 0 Å². The minimum Gasteiger partial charge on any atom is -0.423 e. The number of nitrogens with zero attached hydrogens (tertiary/aromatic N) is 2. The third-order valence-corrected chi connectivity index (χ3v) is 1.64. The van der Waals surface area contributed by atoms with E-state index in [0.29, 0.717) is 6.07 Å². The van der Waals surface area contributed by atoms with Crippen LogP contribution in [0.4, 0.5) is 0 Å². The van der Waals surface area contributed by atoms with E-state index in [4.69, 9.17) is 17.6 Å². The molecule has 1 heterocycles. The lowest BCUT2D eigenvalue weighted by Crippen LogP contribution is -2.32. The minimum absolute atomic E-state index is 0.446. The van der Waals surface area contributed by atoms with Gasteiger partial charge in [-0.05, 0) is 17.6 Å². The van der Waals surface area contributed by atoms with Gasteiger partial charge >= 0.3 is 7.12 Å². The lowest BCUT2D eigenvalue weighted by molar-refractivity contribution is 0.425. The van der Waals surface area contributed by atoms with Crippen LogP contribution in [0.3, 0.4) is 0 Å². The number of hydrogen-bond donors (Lipinski definition) is 2. The summed E-state index contributed by atoms with van der Waals surface area (Å²) in [5.41, 5.74) is -5.36. The predicted octanol–water partition coefficient (Wildman–Crippen LogP) is -0.0694. The Hall–Kier alpha value is -1.38. The molecule has 0 atom stereocenters. The fraction of sp³-hybridized carbons (Fsp3) is 0.400. The maximum atomic E-state index is 9.24. The van der Waals surface area contributed by atoms with Gasteiger partial charge in [0.05, 0.1) is 0 Å². The third-order valence-electron chi connectivity index (χ3n) is 1.64. The van der Waals surface area contributed by atoms with Gasteiger partial charge < -0.3 is 10.0 Å². The Balaban J connectivity index is 4.02. The van der Waals surface area contributed by atoms with Gasteiger partial charge in [-0.1, -0.05) is 20.6 Å². The predicted molar refractivity (Wildman–Crippen MR) is 57.5 cm³/mol. The molecule has 0 fully saturated rings. The van der Waals surface area contributed by atoms with Crippen molar-refractivity contribution in [1.29, 1.82) is 5.26 Å². The molecule has 0 spiro atoms. The van der Waals surface area contributed by atoms with E-state index in [0.717, 1.165) is 6.07 Å². The first kappa shape index (κ1) is 4.24. The molecule has 0 saturated carbocycles. The molecule has 0 aliphatic rings. The Kier molecular flexibility index (Phi) is 1.13. The first-order chi connectivity index (χ1) is 10.6. The average molecular weight is 213 g/mol. The molecule has 1 aromatic rings. The van der Waals surface area contributed by atoms with Crippen LogP contribution in [-0.2, 0) is 5.41 Å². The van der Waals surface area contributed by atoms with Gasteiger partial charge in [-0.3, -0.25) is 0 Å². The standard InChI is InChI=1S/C10H13BN2O2/c1-10(2,3)9-5-7(11(14)15)4-8(6-12)13-9/h4-5,14-15H,1-3H3/i1D3,2D3,3D3. The third kappa shape index (κ3) is 2.78. The average Bonchev–Trinajstić information content (AvgIpc) is 2.33. The highest BCUT2D eigenvalue weighted by molar-refractivity contribution is 6.58. The summed E-state index contributed by atoms with van der Waals surface area (Å²) in [6.07, 6.45) is 0. The molecule has 0 amide bonds. The van der Waals surface area contributed by atoms with Gasteiger partial charge in [-0.25, -0.2) is 4.98 Å². The maximum Gasteiger partial charge on any atom is 0.488 e. The number of nitriles is 1. The zero-order chi connectivity index (χ0) is 19.1. The molecule has 4 nitrogen and oxygen atoms in total. The van der Waals surface area contributed by atoms with E-state index in [-0.39, 0.29) is 0 Å². The van der Waals surface area contributed by atoms with Crippen LogP contribution in [0.1, 0.15) is 44.3 Å². The summed E-state index contributed by atoms with van der Waals surface area (Å²) in [5, 5.41) is 27.4. The second-order valence-electron chi connectivity index (χ2n) is 2.91. The molecule has 0 aliphatic carbocycles. The molecule has 1 rings (SSSR count). The number of aromatic nitrogens is 1. The van der Waals surface area contributed by atoms with Crippen LogP contribution in [-0.4, -0.2) is 22.2 Å². The molecule has 0 radical (unpaired) electrons. The molecule has 0 bridgehead atoms. The van der Waals surface area contributed by atoms with Crippen molar-refractivity contribution in [2.75, 3.05) is 0 Å². The largest absolute Gasteiger partial charge is 0.488 e. The summed E-state index contributed by atoms with van der Waals surface area (Å²) in [7, 11) is -2.18. The smallest absolute Gasteiger partial charge is 0.423 e. The zero-order valence-corrected chi connectivity index (χ0v) is 7.52. The summed E-state index contributed by atoms with van der Waals surface area (Å²) in [4.78, 5) is 3.54. The van der Waals surface area contributed by atoms with Gasteiger partial charge in [0.1, 0.15) is 11.8 Å². The van der Waals surface area contributed by atoms with Crippen LogP contribution in [0.25, 0.3) is 0 Å². The SMILES string of the molecule is [2H]C([2H])([2H])C(c1cc(B(O)O)cc(C#N)n1)(C([2H])([2H])[2H])C([2H])([2H])[2H]. The second kappa shape index (κ2) is 4.01. The van der Waals surface area contributed by atoms with E-state index in [9.17, 15) is 10.0 Å². The Morgan fingerprint density at radius 2 is 2.13 bits per heavy atom. The molecule has 78 valence electrons. The van der Waals surface area contributed by atoms with E-state index in [1.807, 2.05) is 0 Å². The fourth-order valence-electron chi connectivity index (χ4n) is 0.950. The van der Waals surface area contributed by atoms with Crippen LogP contribution in [0.2, 0.25) is 0 Å². The topological polar surface area (TPSA) is 77.1 Å². The Labute approximate surface area is 102 Å². The Bertz CT molecular complexity index is 624. The van der Waals surface area contributed by atoms with Crippen molar-refractivity contribution in [2.45, 2.75) is 26.0 Å². The van der Waals surface area contributed by atoms with Gasteiger partial charge in [-0.2, -0.15) is 5.26 Å². The monoisotopic (exact) mass is 213 g/mol. The van der Waals surface area contributed by atoms with E-state index in [1.54, 1.807) is 0 Å². The molecular formula is C10H13BN2O2. The normalized spacial score (nSPS) is 22.3. The molecular weight excluding hydrogens is 191 g/mol. The fourth-order valence-corrected chi connectivity index (χ4v) is 0.950. The lowest BCUT2D eigenvalue weighted by atomic mass is 9.78. The van der Waals surface area contributed by atoms with E-state index < -0.39 is 49.9 Å². The molecule has 0 saturated heterocycles. The number of pyridine rings is 1. The molecule has 5 heteroatoms. The van der Waals surface area contributed by atoms with Crippen LogP contribution in [0.15, 0.2) is 12.1 Å². The van der Waals surface area contributed by atoms with Gasteiger partial charge in [0.2, 0.25) is 0 Å². The molecule has 0 unspecified atom stereocenters. The molecule has 2 N–H and O–H groups in total. The highest BCUT2D eigenvalue weighted by Gasteiger charge is 2.20. The van der Waals surface area contributed by atoms with Gasteiger partial charge in [0.25, 0.3) is 0 Å². The van der Waals surface area contributed by atoms with Crippen molar-refractivity contribution in [3.63, 3.8) is 0 Å². The van der Waals surface area contributed by atoms with Crippen molar-refractivity contribution in [3.05, 3.63) is 23.5 Å². The van der Waals surface area contributed by atoms with E-state index >= 15 is 0 Å². The molecule has 0 aromatic carbocycles. The van der Waals surface area contributed by atoms with Crippen molar-refractivity contribution in [1.82, 2.24) is 4.98 Å². The highest BCUT2D eigenvalue weighted by atomic mass is 16.4. The summed E-state index contributed by atoms with van der Waals surface area (Å²) in [6, 6.07) is 3.05. The van der Waals surface area contributed by atoms with Crippen molar-refractivity contribution < 1.29 is 22.4 Å². The lowest BCUT2D eigenvalue weighted by Gasteiger charge is -2.18. The number of hydrogen-bond acceptors (Lipinski definition) is 4. The number of rotatable bonds is 1. The van der Waals surface area contributed by atoms with Crippen molar-refractivity contribution in [2.24, 2.45) is 0 Å². The van der Waals surface area contributed by atoms with Gasteiger partial charge in [0.15, 0.2) is 0 Å². The first-order valence-electron chi connectivity index (χ1n) is 8.38. The quantitative estimate of drug-likeness (QED) is 0.640. The van der Waals surface area contributed by atoms with Gasteiger partial charge in [0, 0.05) is 23.4 Å². The minimum atomic E-state index is -3.55. The molecule has 15 heavy (non-hydrogen) atoms. The van der Waals surface area contributed by atoms with Crippen LogP contribution >= 0.6 is 0 Å². The van der Waals surface area contributed by atoms with Crippen LogP contribution < -0.4 is 5.46 Å². The first-order valence-corrected chi connectivity index (χ1v) is 3.88. The zero-order valence-electron chi connectivity index (χ0n) is 16.5. The maximum absolute atomic E-state index is 9.24. The Morgan fingerprint density at radius 1 is 1.47 bits per heavy atom. The van der Waals surface area contributed by atoms with E-state index in [2.05, 4.69) is 4.98 Å². The van der Waals surface area contributed by atoms with Crippen LogP contribution in [0.5, 0.6) is 0 Å². The molecule has 1 aromatic heterocycles. The summed E-state index contributed by atoms with van der Waals surface area (Å²) in [6.45, 7) is -10.7. The summed E-state index contributed by atoms with van der Waals surface area (Å²) in [5.74, 6) is 0. The summed E-state index contributed by atoms with van der Waals surface area (Å²) < 4.78 is 68.0. The highest BCUT2D eigenvalue weighted by Crippen LogP contribution is 2.19. The second-order valence-corrected chi connectivity index (χ2v) is 2.91. The van der Waals surface area contributed by atoms with Crippen LogP contribution in [0, 0.1) is 11.3 Å². The van der Waals surface area contributed by atoms with E-state index in [1.165, 1.54) is 6.07 Å². The Morgan fingerprint density at radius 3 is 2.60 bits per heavy atom. The van der Waals surface area contributed by atoms with Crippen molar-refractivity contribution >= 4 is 12.6 Å². The molecule has 0 aliphatic heterocycles. The van der Waals surface area contributed by atoms with Crippen molar-refractivity contribution in [3.8, 4) is 6.07 Å².